The molecule has 264 valence electrons. The van der Waals surface area contributed by atoms with Gasteiger partial charge in [0.2, 0.25) is 0 Å². The van der Waals surface area contributed by atoms with E-state index < -0.39 is 0 Å². The van der Waals surface area contributed by atoms with Crippen LogP contribution in [0.5, 0.6) is 0 Å². The Morgan fingerprint density at radius 3 is 1.73 bits per heavy atom. The Bertz CT molecular complexity index is 3160. The Morgan fingerprint density at radius 2 is 0.946 bits per heavy atom. The summed E-state index contributed by atoms with van der Waals surface area (Å²) in [5, 5.41) is 7.22. The monoisotopic (exact) mass is 734 g/mol. The van der Waals surface area contributed by atoms with Crippen LogP contribution in [0.1, 0.15) is 0 Å². The quantitative estimate of drug-likeness (QED) is 0.163. The third-order valence-corrected chi connectivity index (χ3v) is 11.9. The zero-order valence-electron chi connectivity index (χ0n) is 30.3. The van der Waals surface area contributed by atoms with Gasteiger partial charge in [0.25, 0.3) is 0 Å². The van der Waals surface area contributed by atoms with E-state index in [1.807, 2.05) is 11.3 Å². The summed E-state index contributed by atoms with van der Waals surface area (Å²) < 4.78 is 9.31. The maximum Gasteiger partial charge on any atom is 0.137 e. The molecule has 0 saturated carbocycles. The summed E-state index contributed by atoms with van der Waals surface area (Å²) in [6.07, 6.45) is 0. The molecule has 3 nitrogen and oxygen atoms in total. The number of anilines is 6. The number of nitrogens with zero attached hydrogens (tertiary/aromatic N) is 2. The lowest BCUT2D eigenvalue weighted by Gasteiger charge is -2.26. The average Bonchev–Trinajstić information content (AvgIpc) is 3.83. The van der Waals surface area contributed by atoms with Crippen LogP contribution in [-0.4, -0.2) is 0 Å². The van der Waals surface area contributed by atoms with Gasteiger partial charge in [0.1, 0.15) is 11.2 Å². The molecule has 0 unspecified atom stereocenters. The number of thiophene rings is 1. The van der Waals surface area contributed by atoms with Crippen LogP contribution in [-0.2, 0) is 0 Å². The molecule has 4 heteroatoms. The number of para-hydroxylation sites is 2. The molecule has 0 bridgehead atoms. The van der Waals surface area contributed by atoms with Crippen LogP contribution < -0.4 is 9.80 Å². The van der Waals surface area contributed by atoms with Gasteiger partial charge in [0, 0.05) is 60.1 Å². The lowest BCUT2D eigenvalue weighted by Crippen LogP contribution is -2.10. The highest BCUT2D eigenvalue weighted by Crippen LogP contribution is 2.46. The van der Waals surface area contributed by atoms with Gasteiger partial charge < -0.3 is 14.2 Å². The highest BCUT2D eigenvalue weighted by atomic mass is 32.1. The third-order valence-electron chi connectivity index (χ3n) is 10.8. The van der Waals surface area contributed by atoms with Crippen molar-refractivity contribution in [3.8, 4) is 11.1 Å². The second-order valence-corrected chi connectivity index (χ2v) is 15.2. The van der Waals surface area contributed by atoms with Gasteiger partial charge in [-0.15, -0.1) is 11.3 Å². The summed E-state index contributed by atoms with van der Waals surface area (Å²) in [5.41, 5.74) is 10.5. The van der Waals surface area contributed by atoms with Gasteiger partial charge in [0.05, 0.1) is 11.1 Å². The summed E-state index contributed by atoms with van der Waals surface area (Å²) >= 11 is 1.84. The number of hydrogen-bond acceptors (Lipinski definition) is 4. The number of benzene rings is 9. The van der Waals surface area contributed by atoms with Crippen LogP contribution in [0.4, 0.5) is 34.1 Å². The van der Waals surface area contributed by atoms with Crippen molar-refractivity contribution in [1.29, 1.82) is 0 Å². The normalized spacial score (nSPS) is 11.6. The van der Waals surface area contributed by atoms with E-state index in [4.69, 9.17) is 4.42 Å². The molecule has 11 rings (SSSR count). The first-order valence-electron chi connectivity index (χ1n) is 18.9. The number of fused-ring (bicyclic) bond motifs is 7. The Hall–Kier alpha value is -7.14. The second kappa shape index (κ2) is 13.3. The molecule has 2 aromatic heterocycles. The van der Waals surface area contributed by atoms with Crippen molar-refractivity contribution in [3.63, 3.8) is 0 Å². The summed E-state index contributed by atoms with van der Waals surface area (Å²) in [5.74, 6) is 0. The Morgan fingerprint density at radius 1 is 0.339 bits per heavy atom. The SMILES string of the molecule is c1ccc(N(c2ccccc2)c2cccc3oc4cc(N(c5ccc(-c6ccc7ccccc7c6)cc5)c5ccc6c(c5)sc5ccccc56)ccc4c23)cc1. The van der Waals surface area contributed by atoms with E-state index in [2.05, 4.69) is 216 Å². The summed E-state index contributed by atoms with van der Waals surface area (Å²) in [4.78, 5) is 4.66. The van der Waals surface area contributed by atoms with E-state index >= 15 is 0 Å². The molecule has 0 saturated heterocycles. The van der Waals surface area contributed by atoms with E-state index in [1.165, 1.54) is 42.1 Å². The predicted octanol–water partition coefficient (Wildman–Crippen LogP) is 15.7. The van der Waals surface area contributed by atoms with Crippen molar-refractivity contribution >= 4 is 98.3 Å². The standard InChI is InChI=1S/C52H34N2OS/c1-3-14-39(15-4-1)54(40-16-5-2-6-17-40)47-19-11-20-48-52(47)46-31-29-42(33-49(46)55-48)53(43-28-30-45-44-18-9-10-21-50(44)56-51(45)34-43)41-26-24-36(25-27-41)38-23-22-35-12-7-8-13-37(35)32-38/h1-34H. The highest BCUT2D eigenvalue weighted by Gasteiger charge is 2.21. The van der Waals surface area contributed by atoms with Crippen LogP contribution in [0.15, 0.2) is 211 Å². The fourth-order valence-electron chi connectivity index (χ4n) is 8.18. The topological polar surface area (TPSA) is 19.6 Å². The van der Waals surface area contributed by atoms with E-state index in [9.17, 15) is 0 Å². The lowest BCUT2D eigenvalue weighted by molar-refractivity contribution is 0.669. The van der Waals surface area contributed by atoms with Crippen molar-refractivity contribution in [2.24, 2.45) is 0 Å². The van der Waals surface area contributed by atoms with Gasteiger partial charge in [-0.25, -0.2) is 0 Å². The van der Waals surface area contributed by atoms with Crippen LogP contribution >= 0.6 is 11.3 Å². The van der Waals surface area contributed by atoms with Gasteiger partial charge in [-0.2, -0.15) is 0 Å². The zero-order chi connectivity index (χ0) is 37.0. The van der Waals surface area contributed by atoms with E-state index in [-0.39, 0.29) is 0 Å². The minimum atomic E-state index is 0.840. The molecular weight excluding hydrogens is 701 g/mol. The Labute approximate surface area is 328 Å². The molecule has 9 aromatic carbocycles. The second-order valence-electron chi connectivity index (χ2n) is 14.2. The van der Waals surface area contributed by atoms with E-state index in [0.717, 1.165) is 56.1 Å². The van der Waals surface area contributed by atoms with Crippen molar-refractivity contribution in [1.82, 2.24) is 0 Å². The molecule has 0 N–H and O–H groups in total. The largest absolute Gasteiger partial charge is 0.456 e. The number of furan rings is 1. The first kappa shape index (κ1) is 32.3. The van der Waals surface area contributed by atoms with Gasteiger partial charge in [-0.1, -0.05) is 115 Å². The molecule has 0 aliphatic heterocycles. The molecule has 0 fully saturated rings. The zero-order valence-corrected chi connectivity index (χ0v) is 31.2. The van der Waals surface area contributed by atoms with E-state index in [1.54, 1.807) is 0 Å². The van der Waals surface area contributed by atoms with Crippen molar-refractivity contribution < 1.29 is 4.42 Å². The number of rotatable bonds is 7. The Kier molecular flexibility index (Phi) is 7.68. The molecule has 11 aromatic rings. The van der Waals surface area contributed by atoms with Gasteiger partial charge in [0.15, 0.2) is 0 Å². The fraction of sp³-hybridized carbons (Fsp3) is 0. The smallest absolute Gasteiger partial charge is 0.137 e. The average molecular weight is 735 g/mol. The minimum Gasteiger partial charge on any atom is -0.456 e. The molecular formula is C52H34N2OS. The summed E-state index contributed by atoms with van der Waals surface area (Å²) in [7, 11) is 0. The van der Waals surface area contributed by atoms with E-state index in [0.29, 0.717) is 0 Å². The first-order valence-corrected chi connectivity index (χ1v) is 19.7. The van der Waals surface area contributed by atoms with Crippen LogP contribution in [0, 0.1) is 0 Å². The molecule has 0 amide bonds. The van der Waals surface area contributed by atoms with Crippen LogP contribution in [0.3, 0.4) is 0 Å². The van der Waals surface area contributed by atoms with Crippen molar-refractivity contribution in [2.45, 2.75) is 0 Å². The van der Waals surface area contributed by atoms with Crippen LogP contribution in [0.25, 0.3) is 64.0 Å². The van der Waals surface area contributed by atoms with Gasteiger partial charge >= 0.3 is 0 Å². The summed E-state index contributed by atoms with van der Waals surface area (Å²) in [6, 6.07) is 73.8. The predicted molar refractivity (Wildman–Crippen MR) is 239 cm³/mol. The molecule has 0 aliphatic rings. The third kappa shape index (κ3) is 5.50. The Balaban J connectivity index is 1.06. The highest BCUT2D eigenvalue weighted by molar-refractivity contribution is 7.25. The molecule has 0 spiro atoms. The molecule has 0 aliphatic carbocycles. The van der Waals surface area contributed by atoms with Crippen LogP contribution in [0.2, 0.25) is 0 Å². The number of hydrogen-bond donors (Lipinski definition) is 0. The fourth-order valence-corrected chi connectivity index (χ4v) is 9.31. The van der Waals surface area contributed by atoms with Gasteiger partial charge in [-0.05, 0) is 107 Å². The molecule has 56 heavy (non-hydrogen) atoms. The maximum atomic E-state index is 6.75. The van der Waals surface area contributed by atoms with Crippen molar-refractivity contribution in [3.05, 3.63) is 206 Å². The lowest BCUT2D eigenvalue weighted by atomic mass is 10.0. The molecule has 0 radical (unpaired) electrons. The maximum absolute atomic E-state index is 6.75. The first-order chi connectivity index (χ1) is 27.7. The van der Waals surface area contributed by atoms with Crippen molar-refractivity contribution in [2.75, 3.05) is 9.80 Å². The van der Waals surface area contributed by atoms with Gasteiger partial charge in [-0.3, -0.25) is 0 Å². The minimum absolute atomic E-state index is 0.840. The summed E-state index contributed by atoms with van der Waals surface area (Å²) in [6.45, 7) is 0. The molecule has 0 atom stereocenters. The molecule has 2 heterocycles.